The summed E-state index contributed by atoms with van der Waals surface area (Å²) >= 11 is 0. The number of hydrogen-bond donors (Lipinski definition) is 2. The second kappa shape index (κ2) is 4.78. The number of hydrogen-bond acceptors (Lipinski definition) is 2. The summed E-state index contributed by atoms with van der Waals surface area (Å²) in [6, 6.07) is -0.0341. The molecular formula is C11H21NO2. The second-order valence-electron chi connectivity index (χ2n) is 4.73. The lowest BCUT2D eigenvalue weighted by molar-refractivity contribution is -0.139. The average Bonchev–Trinajstić information content (AvgIpc) is 2.09. The van der Waals surface area contributed by atoms with Crippen LogP contribution < -0.4 is 5.32 Å². The van der Waals surface area contributed by atoms with Gasteiger partial charge >= 0.3 is 5.97 Å². The molecule has 0 heterocycles. The molecule has 4 unspecified atom stereocenters. The quantitative estimate of drug-likeness (QED) is 0.729. The van der Waals surface area contributed by atoms with Gasteiger partial charge in [0, 0.05) is 6.04 Å². The number of rotatable bonds is 3. The molecule has 1 aliphatic rings. The first-order valence-electron chi connectivity index (χ1n) is 5.49. The molecule has 0 aromatic rings. The summed E-state index contributed by atoms with van der Waals surface area (Å²) in [7, 11) is 0. The third-order valence-corrected chi connectivity index (χ3v) is 3.27. The molecule has 4 atom stereocenters. The fraction of sp³-hybridized carbons (Fsp3) is 0.909. The Morgan fingerprint density at radius 3 is 2.57 bits per heavy atom. The lowest BCUT2D eigenvalue weighted by Crippen LogP contribution is -2.46. The first-order valence-corrected chi connectivity index (χ1v) is 5.49. The molecule has 14 heavy (non-hydrogen) atoms. The summed E-state index contributed by atoms with van der Waals surface area (Å²) in [5.74, 6) is 0.638. The Balaban J connectivity index is 2.41. The molecule has 0 amide bonds. The Bertz CT molecular complexity index is 205. The van der Waals surface area contributed by atoms with Crippen LogP contribution in [0.1, 0.15) is 40.0 Å². The van der Waals surface area contributed by atoms with E-state index in [-0.39, 0.29) is 0 Å². The molecule has 1 aliphatic carbocycles. The van der Waals surface area contributed by atoms with Crippen molar-refractivity contribution in [2.24, 2.45) is 11.8 Å². The maximum Gasteiger partial charge on any atom is 0.320 e. The summed E-state index contributed by atoms with van der Waals surface area (Å²) in [5, 5.41) is 12.0. The van der Waals surface area contributed by atoms with Crippen molar-refractivity contribution in [3.05, 3.63) is 0 Å². The van der Waals surface area contributed by atoms with Gasteiger partial charge in [-0.25, -0.2) is 0 Å². The Kier molecular flexibility index (Phi) is 3.93. The lowest BCUT2D eigenvalue weighted by Gasteiger charge is -2.34. The van der Waals surface area contributed by atoms with Gasteiger partial charge in [0.05, 0.1) is 0 Å². The molecule has 82 valence electrons. The molecule has 0 saturated heterocycles. The number of carbonyl (C=O) groups is 1. The molecule has 3 nitrogen and oxygen atoms in total. The van der Waals surface area contributed by atoms with E-state index in [1.54, 1.807) is 6.92 Å². The van der Waals surface area contributed by atoms with Crippen molar-refractivity contribution >= 4 is 5.97 Å². The van der Waals surface area contributed by atoms with Crippen LogP contribution in [-0.4, -0.2) is 23.2 Å². The van der Waals surface area contributed by atoms with Crippen LogP contribution in [0.15, 0.2) is 0 Å². The van der Waals surface area contributed by atoms with E-state index < -0.39 is 12.0 Å². The van der Waals surface area contributed by atoms with Crippen molar-refractivity contribution in [2.75, 3.05) is 0 Å². The minimum absolute atomic E-state index is 0.386. The second-order valence-corrected chi connectivity index (χ2v) is 4.73. The smallest absolute Gasteiger partial charge is 0.320 e. The van der Waals surface area contributed by atoms with Crippen LogP contribution >= 0.6 is 0 Å². The van der Waals surface area contributed by atoms with E-state index in [2.05, 4.69) is 19.2 Å². The lowest BCUT2D eigenvalue weighted by atomic mass is 9.79. The van der Waals surface area contributed by atoms with Crippen LogP contribution in [0.3, 0.4) is 0 Å². The van der Waals surface area contributed by atoms with E-state index in [4.69, 9.17) is 5.11 Å². The third-order valence-electron chi connectivity index (χ3n) is 3.27. The van der Waals surface area contributed by atoms with E-state index in [0.29, 0.717) is 12.0 Å². The number of carboxylic acid groups (broad SMARTS) is 1. The molecule has 1 rings (SSSR count). The molecule has 3 heteroatoms. The first kappa shape index (κ1) is 11.5. The van der Waals surface area contributed by atoms with Gasteiger partial charge in [0.15, 0.2) is 0 Å². The fourth-order valence-corrected chi connectivity index (χ4v) is 2.31. The van der Waals surface area contributed by atoms with Crippen LogP contribution in [0.2, 0.25) is 0 Å². The highest BCUT2D eigenvalue weighted by molar-refractivity contribution is 5.72. The van der Waals surface area contributed by atoms with E-state index in [1.807, 2.05) is 0 Å². The standard InChI is InChI=1S/C11H21NO2/c1-7-4-5-10(8(2)6-7)12-9(3)11(13)14/h7-10,12H,4-6H2,1-3H3,(H,13,14). The van der Waals surface area contributed by atoms with E-state index in [0.717, 1.165) is 12.3 Å². The van der Waals surface area contributed by atoms with Crippen LogP contribution in [0.4, 0.5) is 0 Å². The van der Waals surface area contributed by atoms with E-state index in [1.165, 1.54) is 12.8 Å². The Morgan fingerprint density at radius 1 is 1.43 bits per heavy atom. The predicted octanol–water partition coefficient (Wildman–Crippen LogP) is 1.87. The summed E-state index contributed by atoms with van der Waals surface area (Å²) in [6.45, 7) is 6.20. The SMILES string of the molecule is CC1CCC(NC(C)C(=O)O)C(C)C1. The fourth-order valence-electron chi connectivity index (χ4n) is 2.31. The normalized spacial score (nSPS) is 35.2. The van der Waals surface area contributed by atoms with Crippen LogP contribution in [0.5, 0.6) is 0 Å². The zero-order valence-corrected chi connectivity index (χ0v) is 9.29. The monoisotopic (exact) mass is 199 g/mol. The summed E-state index contributed by atoms with van der Waals surface area (Å²) < 4.78 is 0. The van der Waals surface area contributed by atoms with Gasteiger partial charge < -0.3 is 10.4 Å². The van der Waals surface area contributed by atoms with Gasteiger partial charge in [-0.2, -0.15) is 0 Å². The molecule has 0 radical (unpaired) electrons. The summed E-state index contributed by atoms with van der Waals surface area (Å²) in [5.41, 5.74) is 0. The van der Waals surface area contributed by atoms with Gasteiger partial charge in [0.1, 0.15) is 6.04 Å². The van der Waals surface area contributed by atoms with Gasteiger partial charge in [-0.05, 0) is 38.0 Å². The first-order chi connectivity index (χ1) is 6.50. The molecule has 0 spiro atoms. The highest BCUT2D eigenvalue weighted by Gasteiger charge is 2.27. The highest BCUT2D eigenvalue weighted by atomic mass is 16.4. The van der Waals surface area contributed by atoms with Gasteiger partial charge in [0.25, 0.3) is 0 Å². The van der Waals surface area contributed by atoms with Gasteiger partial charge in [0.2, 0.25) is 0 Å². The van der Waals surface area contributed by atoms with Gasteiger partial charge in [-0.3, -0.25) is 4.79 Å². The van der Waals surface area contributed by atoms with Gasteiger partial charge in [-0.1, -0.05) is 13.8 Å². The van der Waals surface area contributed by atoms with Crippen molar-refractivity contribution in [1.82, 2.24) is 5.32 Å². The largest absolute Gasteiger partial charge is 0.480 e. The minimum atomic E-state index is -0.754. The zero-order chi connectivity index (χ0) is 10.7. The molecule has 0 aromatic carbocycles. The molecule has 2 N–H and O–H groups in total. The number of nitrogens with one attached hydrogen (secondary N) is 1. The predicted molar refractivity (Wildman–Crippen MR) is 56.2 cm³/mol. The van der Waals surface area contributed by atoms with Crippen molar-refractivity contribution in [2.45, 2.75) is 52.1 Å². The zero-order valence-electron chi connectivity index (χ0n) is 9.29. The van der Waals surface area contributed by atoms with Crippen LogP contribution in [-0.2, 0) is 4.79 Å². The maximum absolute atomic E-state index is 10.7. The molecular weight excluding hydrogens is 178 g/mol. The van der Waals surface area contributed by atoms with Crippen molar-refractivity contribution in [1.29, 1.82) is 0 Å². The molecule has 0 bridgehead atoms. The Morgan fingerprint density at radius 2 is 2.07 bits per heavy atom. The van der Waals surface area contributed by atoms with E-state index in [9.17, 15) is 4.79 Å². The topological polar surface area (TPSA) is 49.3 Å². The molecule has 0 aromatic heterocycles. The Hall–Kier alpha value is -0.570. The van der Waals surface area contributed by atoms with Crippen LogP contribution in [0, 0.1) is 11.8 Å². The third kappa shape index (κ3) is 2.98. The Labute approximate surface area is 85.9 Å². The van der Waals surface area contributed by atoms with Gasteiger partial charge in [-0.15, -0.1) is 0 Å². The minimum Gasteiger partial charge on any atom is -0.480 e. The number of aliphatic carboxylic acids is 1. The highest BCUT2D eigenvalue weighted by Crippen LogP contribution is 2.28. The van der Waals surface area contributed by atoms with Crippen molar-refractivity contribution < 1.29 is 9.90 Å². The number of carboxylic acids is 1. The van der Waals surface area contributed by atoms with Crippen molar-refractivity contribution in [3.8, 4) is 0 Å². The molecule has 1 fully saturated rings. The maximum atomic E-state index is 10.7. The summed E-state index contributed by atoms with van der Waals surface area (Å²) in [6.07, 6.45) is 3.54. The van der Waals surface area contributed by atoms with E-state index >= 15 is 0 Å². The van der Waals surface area contributed by atoms with Crippen LogP contribution in [0.25, 0.3) is 0 Å². The van der Waals surface area contributed by atoms with Crippen molar-refractivity contribution in [3.63, 3.8) is 0 Å². The average molecular weight is 199 g/mol. The molecule has 1 saturated carbocycles. The molecule has 0 aliphatic heterocycles. The summed E-state index contributed by atoms with van der Waals surface area (Å²) in [4.78, 5) is 10.7.